The van der Waals surface area contributed by atoms with E-state index >= 15 is 0 Å². The fraction of sp³-hybridized carbons (Fsp3) is 0.182. The number of anilines is 1. The Hall–Kier alpha value is -3.10. The van der Waals surface area contributed by atoms with E-state index in [0.717, 1.165) is 17.6 Å². The van der Waals surface area contributed by atoms with Gasteiger partial charge in [0.2, 0.25) is 0 Å². The van der Waals surface area contributed by atoms with Gasteiger partial charge in [0.05, 0.1) is 21.2 Å². The average Bonchev–Trinajstić information content (AvgIpc) is 3.01. The molecule has 0 spiro atoms. The van der Waals surface area contributed by atoms with Crippen LogP contribution in [0.1, 0.15) is 21.7 Å². The third-order valence-corrected chi connectivity index (χ3v) is 6.08. The summed E-state index contributed by atoms with van der Waals surface area (Å²) in [5.41, 5.74) is 2.93. The first-order valence-corrected chi connectivity index (χ1v) is 11.6. The van der Waals surface area contributed by atoms with E-state index in [9.17, 15) is 18.0 Å². The molecule has 7 nitrogen and oxygen atoms in total. The molecule has 0 saturated heterocycles. The summed E-state index contributed by atoms with van der Waals surface area (Å²) < 4.78 is 30.5. The van der Waals surface area contributed by atoms with Crippen LogP contribution in [0.5, 0.6) is 0 Å². The molecule has 0 unspecified atom stereocenters. The number of ether oxygens (including phenoxy) is 1. The summed E-state index contributed by atoms with van der Waals surface area (Å²) in [6.07, 6.45) is 1.05. The summed E-state index contributed by atoms with van der Waals surface area (Å²) >= 11 is 6.03. The Labute approximate surface area is 185 Å². The molecule has 0 atom stereocenters. The van der Waals surface area contributed by atoms with E-state index in [0.29, 0.717) is 11.3 Å². The van der Waals surface area contributed by atoms with Crippen LogP contribution in [0.4, 0.5) is 5.69 Å². The Morgan fingerprint density at radius 1 is 1.06 bits per heavy atom. The van der Waals surface area contributed by atoms with Gasteiger partial charge in [-0.15, -0.1) is 0 Å². The van der Waals surface area contributed by atoms with Crippen molar-refractivity contribution in [1.29, 1.82) is 0 Å². The maximum absolute atomic E-state index is 12.6. The standard InChI is InChI=1S/C22H21ClN2O5S/c1-14-11-18(15(2)25(14)16-7-5-4-6-8-16)22(27)30-13-21(26)24-20-12-17(31(3,28)29)9-10-19(20)23/h4-12H,13H2,1-3H3,(H,24,26). The van der Waals surface area contributed by atoms with Gasteiger partial charge in [-0.1, -0.05) is 29.8 Å². The van der Waals surface area contributed by atoms with E-state index in [-0.39, 0.29) is 15.6 Å². The predicted molar refractivity (Wildman–Crippen MR) is 119 cm³/mol. The number of sulfone groups is 1. The molecule has 0 aliphatic heterocycles. The van der Waals surface area contributed by atoms with Gasteiger partial charge >= 0.3 is 5.97 Å². The SMILES string of the molecule is Cc1cc(C(=O)OCC(=O)Nc2cc(S(C)(=O)=O)ccc2Cl)c(C)n1-c1ccccc1. The second-order valence-corrected chi connectivity index (χ2v) is 9.42. The number of hydrogen-bond acceptors (Lipinski definition) is 5. The maximum atomic E-state index is 12.6. The van der Waals surface area contributed by atoms with Crippen LogP contribution in [0.2, 0.25) is 5.02 Å². The number of halogens is 1. The molecule has 0 aliphatic rings. The minimum absolute atomic E-state index is 0.0116. The van der Waals surface area contributed by atoms with Crippen LogP contribution in [-0.2, 0) is 19.4 Å². The molecule has 2 aromatic carbocycles. The van der Waals surface area contributed by atoms with Crippen LogP contribution in [0.3, 0.4) is 0 Å². The second-order valence-electron chi connectivity index (χ2n) is 6.99. The van der Waals surface area contributed by atoms with Gasteiger partial charge in [-0.2, -0.15) is 0 Å². The van der Waals surface area contributed by atoms with Crippen LogP contribution in [-0.4, -0.2) is 37.7 Å². The number of carbonyl (C=O) groups is 2. The number of aromatic nitrogens is 1. The first-order chi connectivity index (χ1) is 14.6. The van der Waals surface area contributed by atoms with Gasteiger partial charge in [0, 0.05) is 23.3 Å². The van der Waals surface area contributed by atoms with Gasteiger partial charge < -0.3 is 14.6 Å². The molecule has 162 valence electrons. The second kappa shape index (κ2) is 8.95. The lowest BCUT2D eigenvalue weighted by Gasteiger charge is -2.10. The summed E-state index contributed by atoms with van der Waals surface area (Å²) in [4.78, 5) is 24.8. The van der Waals surface area contributed by atoms with Gasteiger partial charge in [0.15, 0.2) is 16.4 Å². The van der Waals surface area contributed by atoms with Crippen molar-refractivity contribution < 1.29 is 22.7 Å². The largest absolute Gasteiger partial charge is 0.452 e. The first-order valence-electron chi connectivity index (χ1n) is 9.29. The molecule has 3 aromatic rings. The molecule has 31 heavy (non-hydrogen) atoms. The van der Waals surface area contributed by atoms with Crippen molar-refractivity contribution in [3.8, 4) is 5.69 Å². The Bertz CT molecular complexity index is 1250. The van der Waals surface area contributed by atoms with Crippen molar-refractivity contribution in [3.05, 3.63) is 76.6 Å². The van der Waals surface area contributed by atoms with E-state index in [2.05, 4.69) is 5.32 Å². The number of para-hydroxylation sites is 1. The number of aryl methyl sites for hydroxylation is 1. The third kappa shape index (κ3) is 5.15. The number of carbonyl (C=O) groups excluding carboxylic acids is 2. The fourth-order valence-electron chi connectivity index (χ4n) is 3.17. The lowest BCUT2D eigenvalue weighted by molar-refractivity contribution is -0.119. The number of rotatable bonds is 6. The van der Waals surface area contributed by atoms with E-state index in [1.165, 1.54) is 18.2 Å². The van der Waals surface area contributed by atoms with Crippen LogP contribution >= 0.6 is 11.6 Å². The first kappa shape index (κ1) is 22.6. The van der Waals surface area contributed by atoms with Crippen molar-refractivity contribution in [3.63, 3.8) is 0 Å². The molecule has 3 rings (SSSR count). The number of amides is 1. The molecule has 0 radical (unpaired) electrons. The van der Waals surface area contributed by atoms with Gasteiger partial charge in [-0.05, 0) is 50.2 Å². The van der Waals surface area contributed by atoms with Crippen molar-refractivity contribution >= 4 is 39.0 Å². The molecule has 1 amide bonds. The van der Waals surface area contributed by atoms with Crippen LogP contribution < -0.4 is 5.32 Å². The highest BCUT2D eigenvalue weighted by atomic mass is 35.5. The van der Waals surface area contributed by atoms with Crippen LogP contribution in [0, 0.1) is 13.8 Å². The zero-order valence-electron chi connectivity index (χ0n) is 17.2. The molecular formula is C22H21ClN2O5S. The monoisotopic (exact) mass is 460 g/mol. The normalized spacial score (nSPS) is 11.2. The highest BCUT2D eigenvalue weighted by Crippen LogP contribution is 2.25. The third-order valence-electron chi connectivity index (χ3n) is 4.64. The van der Waals surface area contributed by atoms with E-state index in [4.69, 9.17) is 16.3 Å². The minimum atomic E-state index is -3.47. The number of esters is 1. The number of nitrogens with one attached hydrogen (secondary N) is 1. The molecule has 1 heterocycles. The summed E-state index contributed by atoms with van der Waals surface area (Å²) in [5.74, 6) is -1.28. The molecule has 9 heteroatoms. The van der Waals surface area contributed by atoms with Gasteiger partial charge in [0.25, 0.3) is 5.91 Å². The van der Waals surface area contributed by atoms with Crippen molar-refractivity contribution in [1.82, 2.24) is 4.57 Å². The Morgan fingerprint density at radius 3 is 2.39 bits per heavy atom. The smallest absolute Gasteiger partial charge is 0.340 e. The zero-order valence-corrected chi connectivity index (χ0v) is 18.8. The summed E-state index contributed by atoms with van der Waals surface area (Å²) in [6.45, 7) is 3.13. The predicted octanol–water partition coefficient (Wildman–Crippen LogP) is 3.95. The summed E-state index contributed by atoms with van der Waals surface area (Å²) in [6, 6.07) is 15.2. The Morgan fingerprint density at radius 2 is 1.74 bits per heavy atom. The highest BCUT2D eigenvalue weighted by Gasteiger charge is 2.19. The highest BCUT2D eigenvalue weighted by molar-refractivity contribution is 7.90. The van der Waals surface area contributed by atoms with Crippen molar-refractivity contribution in [2.75, 3.05) is 18.2 Å². The summed E-state index contributed by atoms with van der Waals surface area (Å²) in [5, 5.41) is 2.63. The summed E-state index contributed by atoms with van der Waals surface area (Å²) in [7, 11) is -3.47. The van der Waals surface area contributed by atoms with E-state index in [1.54, 1.807) is 13.0 Å². The Balaban J connectivity index is 1.70. The molecule has 0 saturated carbocycles. The lowest BCUT2D eigenvalue weighted by Crippen LogP contribution is -2.21. The van der Waals surface area contributed by atoms with E-state index < -0.39 is 28.3 Å². The Kier molecular flexibility index (Phi) is 6.52. The van der Waals surface area contributed by atoms with Crippen molar-refractivity contribution in [2.45, 2.75) is 18.7 Å². The number of nitrogens with zero attached hydrogens (tertiary/aromatic N) is 1. The maximum Gasteiger partial charge on any atom is 0.340 e. The van der Waals surface area contributed by atoms with E-state index in [1.807, 2.05) is 41.8 Å². The molecule has 1 N–H and O–H groups in total. The fourth-order valence-corrected chi connectivity index (χ4v) is 3.98. The minimum Gasteiger partial charge on any atom is -0.452 e. The van der Waals surface area contributed by atoms with Crippen LogP contribution in [0.25, 0.3) is 5.69 Å². The number of benzene rings is 2. The lowest BCUT2D eigenvalue weighted by atomic mass is 10.2. The zero-order chi connectivity index (χ0) is 22.8. The van der Waals surface area contributed by atoms with Crippen LogP contribution in [0.15, 0.2) is 59.5 Å². The van der Waals surface area contributed by atoms with Crippen molar-refractivity contribution in [2.24, 2.45) is 0 Å². The molecule has 1 aromatic heterocycles. The average molecular weight is 461 g/mol. The van der Waals surface area contributed by atoms with Gasteiger partial charge in [-0.25, -0.2) is 13.2 Å². The quantitative estimate of drug-likeness (QED) is 0.562. The van der Waals surface area contributed by atoms with Gasteiger partial charge in [0.1, 0.15) is 0 Å². The topological polar surface area (TPSA) is 94.5 Å². The molecule has 0 bridgehead atoms. The molecule has 0 aliphatic carbocycles. The van der Waals surface area contributed by atoms with Gasteiger partial charge in [-0.3, -0.25) is 4.79 Å². The molecule has 0 fully saturated rings. The number of hydrogen-bond donors (Lipinski definition) is 1. The molecular weight excluding hydrogens is 440 g/mol.